The Hall–Kier alpha value is -3.22. The van der Waals surface area contributed by atoms with Crippen LogP contribution in [-0.2, 0) is 0 Å². The summed E-state index contributed by atoms with van der Waals surface area (Å²) < 4.78 is 16.5. The standard InChI is InChI=1S/C21H22N2O5/c1-26-18-9-12(10-19(27-2)21(18)28-3)20-15-6-4-5-14(15)16-11-13(23(24)25)7-8-17(16)22-20/h4-5,7-11,14-15,20,22H,6H2,1-3H3/t14-,15-,20+/m1/s1. The van der Waals surface area contributed by atoms with E-state index in [9.17, 15) is 10.1 Å². The molecule has 2 aliphatic rings. The number of allylic oxidation sites excluding steroid dienone is 2. The maximum absolute atomic E-state index is 11.2. The van der Waals surface area contributed by atoms with Crippen molar-refractivity contribution in [3.8, 4) is 17.2 Å². The largest absolute Gasteiger partial charge is 0.493 e. The Bertz CT molecular complexity index is 931. The number of nitro benzene ring substituents is 1. The quantitative estimate of drug-likeness (QED) is 0.467. The van der Waals surface area contributed by atoms with Gasteiger partial charge in [-0.25, -0.2) is 0 Å². The van der Waals surface area contributed by atoms with Crippen molar-refractivity contribution >= 4 is 11.4 Å². The molecular formula is C21H22N2O5. The smallest absolute Gasteiger partial charge is 0.269 e. The third kappa shape index (κ3) is 2.83. The van der Waals surface area contributed by atoms with Crippen molar-refractivity contribution in [3.63, 3.8) is 0 Å². The number of methoxy groups -OCH3 is 3. The Morgan fingerprint density at radius 3 is 2.39 bits per heavy atom. The molecule has 3 atom stereocenters. The number of hydrogen-bond donors (Lipinski definition) is 1. The van der Waals surface area contributed by atoms with E-state index in [0.717, 1.165) is 23.2 Å². The number of ether oxygens (including phenoxy) is 3. The maximum Gasteiger partial charge on any atom is 0.269 e. The summed E-state index contributed by atoms with van der Waals surface area (Å²) in [5, 5.41) is 14.8. The first-order chi connectivity index (χ1) is 13.6. The minimum Gasteiger partial charge on any atom is -0.493 e. The van der Waals surface area contributed by atoms with E-state index in [2.05, 4.69) is 17.5 Å². The summed E-state index contributed by atoms with van der Waals surface area (Å²) in [7, 11) is 4.78. The molecule has 0 amide bonds. The van der Waals surface area contributed by atoms with Gasteiger partial charge in [0.1, 0.15) is 0 Å². The van der Waals surface area contributed by atoms with E-state index in [1.807, 2.05) is 12.1 Å². The molecule has 7 heteroatoms. The molecule has 2 aromatic carbocycles. The molecule has 146 valence electrons. The fourth-order valence-electron chi connectivity index (χ4n) is 4.31. The number of nitro groups is 1. The van der Waals surface area contributed by atoms with Crippen molar-refractivity contribution in [2.45, 2.75) is 18.4 Å². The second kappa shape index (κ2) is 7.07. The van der Waals surface area contributed by atoms with Gasteiger partial charge < -0.3 is 19.5 Å². The molecule has 1 aliphatic heterocycles. The molecule has 1 N–H and O–H groups in total. The minimum absolute atomic E-state index is 0.0164. The van der Waals surface area contributed by atoms with Crippen LogP contribution in [0.1, 0.15) is 29.5 Å². The fourth-order valence-corrected chi connectivity index (χ4v) is 4.31. The van der Waals surface area contributed by atoms with Gasteiger partial charge in [0.15, 0.2) is 11.5 Å². The van der Waals surface area contributed by atoms with Gasteiger partial charge >= 0.3 is 0 Å². The van der Waals surface area contributed by atoms with Gasteiger partial charge in [-0.1, -0.05) is 12.2 Å². The van der Waals surface area contributed by atoms with Crippen LogP contribution in [0.15, 0.2) is 42.5 Å². The zero-order chi connectivity index (χ0) is 19.8. The van der Waals surface area contributed by atoms with Crippen LogP contribution in [0.3, 0.4) is 0 Å². The number of nitrogens with one attached hydrogen (secondary N) is 1. The van der Waals surface area contributed by atoms with Gasteiger partial charge in [0.2, 0.25) is 5.75 Å². The number of non-ortho nitro benzene ring substituents is 1. The Morgan fingerprint density at radius 2 is 1.79 bits per heavy atom. The van der Waals surface area contributed by atoms with Gasteiger partial charge in [0.25, 0.3) is 5.69 Å². The fraction of sp³-hybridized carbons (Fsp3) is 0.333. The highest BCUT2D eigenvalue weighted by Gasteiger charge is 2.39. The molecule has 1 heterocycles. The van der Waals surface area contributed by atoms with E-state index in [4.69, 9.17) is 14.2 Å². The number of benzene rings is 2. The Morgan fingerprint density at radius 1 is 1.07 bits per heavy atom. The molecule has 0 spiro atoms. The zero-order valence-corrected chi connectivity index (χ0v) is 16.0. The lowest BCUT2D eigenvalue weighted by molar-refractivity contribution is -0.384. The molecule has 2 aromatic rings. The molecular weight excluding hydrogens is 360 g/mol. The summed E-state index contributed by atoms with van der Waals surface area (Å²) in [6, 6.07) is 8.96. The third-order valence-corrected chi connectivity index (χ3v) is 5.60. The Labute approximate surface area is 163 Å². The van der Waals surface area contributed by atoms with E-state index in [1.54, 1.807) is 33.5 Å². The highest BCUT2D eigenvalue weighted by Crippen LogP contribution is 2.52. The van der Waals surface area contributed by atoms with Crippen LogP contribution < -0.4 is 19.5 Å². The number of anilines is 1. The van der Waals surface area contributed by atoms with Crippen LogP contribution in [0.4, 0.5) is 11.4 Å². The lowest BCUT2D eigenvalue weighted by Gasteiger charge is -2.37. The highest BCUT2D eigenvalue weighted by atomic mass is 16.6. The summed E-state index contributed by atoms with van der Waals surface area (Å²) in [6.07, 6.45) is 5.19. The third-order valence-electron chi connectivity index (χ3n) is 5.60. The minimum atomic E-state index is -0.348. The van der Waals surface area contributed by atoms with Gasteiger partial charge in [-0.2, -0.15) is 0 Å². The van der Waals surface area contributed by atoms with Crippen molar-refractivity contribution in [3.05, 3.63) is 63.7 Å². The molecule has 0 fully saturated rings. The van der Waals surface area contributed by atoms with Gasteiger partial charge in [0, 0.05) is 23.7 Å². The second-order valence-corrected chi connectivity index (χ2v) is 6.96. The Balaban J connectivity index is 1.79. The van der Waals surface area contributed by atoms with Gasteiger partial charge in [-0.15, -0.1) is 0 Å². The summed E-state index contributed by atoms with van der Waals surface area (Å²) in [5.74, 6) is 2.14. The van der Waals surface area contributed by atoms with E-state index in [-0.39, 0.29) is 28.5 Å². The van der Waals surface area contributed by atoms with Crippen LogP contribution >= 0.6 is 0 Å². The predicted molar refractivity (Wildman–Crippen MR) is 106 cm³/mol. The summed E-state index contributed by atoms with van der Waals surface area (Å²) in [5.41, 5.74) is 3.02. The van der Waals surface area contributed by atoms with Crippen LogP contribution in [0.25, 0.3) is 0 Å². The van der Waals surface area contributed by atoms with E-state index >= 15 is 0 Å². The number of hydrogen-bond acceptors (Lipinski definition) is 6. The second-order valence-electron chi connectivity index (χ2n) is 6.96. The normalized spacial score (nSPS) is 22.0. The Kier molecular flexibility index (Phi) is 4.58. The molecule has 0 aromatic heterocycles. The van der Waals surface area contributed by atoms with Crippen molar-refractivity contribution in [2.75, 3.05) is 26.6 Å². The topological polar surface area (TPSA) is 82.9 Å². The van der Waals surface area contributed by atoms with Crippen LogP contribution in [0, 0.1) is 16.0 Å². The molecule has 0 radical (unpaired) electrons. The predicted octanol–water partition coefficient (Wildman–Crippen LogP) is 4.45. The summed E-state index contributed by atoms with van der Waals surface area (Å²) in [6.45, 7) is 0. The molecule has 7 nitrogen and oxygen atoms in total. The number of nitrogens with zero attached hydrogens (tertiary/aromatic N) is 1. The van der Waals surface area contributed by atoms with Crippen LogP contribution in [0.5, 0.6) is 17.2 Å². The molecule has 1 aliphatic carbocycles. The first kappa shape index (κ1) is 18.2. The highest BCUT2D eigenvalue weighted by molar-refractivity contribution is 5.64. The van der Waals surface area contributed by atoms with Crippen LogP contribution in [0.2, 0.25) is 0 Å². The molecule has 0 unspecified atom stereocenters. The van der Waals surface area contributed by atoms with Crippen molar-refractivity contribution < 1.29 is 19.1 Å². The van der Waals surface area contributed by atoms with Gasteiger partial charge in [-0.05, 0) is 41.7 Å². The maximum atomic E-state index is 11.2. The molecule has 0 saturated carbocycles. The molecule has 0 saturated heterocycles. The SMILES string of the molecule is COc1cc([C@@H]2Nc3ccc([N+](=O)[O-])cc3[C@@H]3C=CC[C@H]32)cc(OC)c1OC. The number of fused-ring (bicyclic) bond motifs is 3. The molecule has 0 bridgehead atoms. The van der Waals surface area contributed by atoms with Crippen molar-refractivity contribution in [1.29, 1.82) is 0 Å². The zero-order valence-electron chi connectivity index (χ0n) is 16.0. The average Bonchev–Trinajstić information content (AvgIpc) is 3.21. The average molecular weight is 382 g/mol. The van der Waals surface area contributed by atoms with Crippen LogP contribution in [-0.4, -0.2) is 26.3 Å². The summed E-state index contributed by atoms with van der Waals surface area (Å²) in [4.78, 5) is 10.8. The molecule has 4 rings (SSSR count). The lowest BCUT2D eigenvalue weighted by Crippen LogP contribution is -2.29. The van der Waals surface area contributed by atoms with Gasteiger partial charge in [0.05, 0.1) is 32.3 Å². The number of rotatable bonds is 5. The van der Waals surface area contributed by atoms with Gasteiger partial charge in [-0.3, -0.25) is 10.1 Å². The van der Waals surface area contributed by atoms with E-state index in [1.165, 1.54) is 6.07 Å². The first-order valence-electron chi connectivity index (χ1n) is 9.08. The van der Waals surface area contributed by atoms with Crippen molar-refractivity contribution in [1.82, 2.24) is 0 Å². The van der Waals surface area contributed by atoms with E-state index in [0.29, 0.717) is 17.2 Å². The molecule has 28 heavy (non-hydrogen) atoms. The van der Waals surface area contributed by atoms with E-state index < -0.39 is 0 Å². The monoisotopic (exact) mass is 382 g/mol. The summed E-state index contributed by atoms with van der Waals surface area (Å²) >= 11 is 0. The van der Waals surface area contributed by atoms with Crippen molar-refractivity contribution in [2.24, 2.45) is 5.92 Å². The first-order valence-corrected chi connectivity index (χ1v) is 9.08. The lowest BCUT2D eigenvalue weighted by atomic mass is 9.77.